The van der Waals surface area contributed by atoms with Crippen molar-refractivity contribution in [3.05, 3.63) is 34.9 Å². The van der Waals surface area contributed by atoms with Crippen LogP contribution in [0.15, 0.2) is 18.5 Å². The highest BCUT2D eigenvalue weighted by molar-refractivity contribution is 6.31. The van der Waals surface area contributed by atoms with Crippen LogP contribution >= 0.6 is 11.6 Å². The standard InChI is InChI=1S/C13H18ClN5/c1-9-5-11(12(14)16-6-9)15-7-10-8-19(18-17-10)13(2,3)4/h5-6,8,15H,7H2,1-4H3. The molecule has 0 aromatic carbocycles. The largest absolute Gasteiger partial charge is 0.377 e. The highest BCUT2D eigenvalue weighted by Crippen LogP contribution is 2.20. The van der Waals surface area contributed by atoms with Crippen LogP contribution in [0, 0.1) is 6.92 Å². The van der Waals surface area contributed by atoms with Gasteiger partial charge in [0.15, 0.2) is 5.15 Å². The second kappa shape index (κ2) is 5.17. The third kappa shape index (κ3) is 3.44. The summed E-state index contributed by atoms with van der Waals surface area (Å²) in [4.78, 5) is 4.10. The zero-order valence-electron chi connectivity index (χ0n) is 11.6. The second-order valence-corrected chi connectivity index (χ2v) is 5.89. The van der Waals surface area contributed by atoms with E-state index in [1.807, 2.05) is 23.9 Å². The Morgan fingerprint density at radius 2 is 2.11 bits per heavy atom. The van der Waals surface area contributed by atoms with E-state index in [0.717, 1.165) is 16.9 Å². The molecule has 0 amide bonds. The quantitative estimate of drug-likeness (QED) is 0.878. The highest BCUT2D eigenvalue weighted by atomic mass is 35.5. The molecule has 1 N–H and O–H groups in total. The van der Waals surface area contributed by atoms with Crippen LogP contribution in [0.25, 0.3) is 0 Å². The van der Waals surface area contributed by atoms with Gasteiger partial charge in [0.1, 0.15) is 5.69 Å². The number of aryl methyl sites for hydroxylation is 1. The first-order valence-corrected chi connectivity index (χ1v) is 6.52. The number of nitrogens with one attached hydrogen (secondary N) is 1. The third-order valence-electron chi connectivity index (χ3n) is 2.66. The maximum absolute atomic E-state index is 6.03. The van der Waals surface area contributed by atoms with Gasteiger partial charge in [-0.15, -0.1) is 5.10 Å². The molecule has 0 spiro atoms. The molecule has 0 bridgehead atoms. The number of halogens is 1. The Bertz CT molecular complexity index is 571. The topological polar surface area (TPSA) is 55.6 Å². The highest BCUT2D eigenvalue weighted by Gasteiger charge is 2.15. The molecule has 2 aromatic heterocycles. The fourth-order valence-electron chi connectivity index (χ4n) is 1.57. The minimum Gasteiger partial charge on any atom is -0.377 e. The zero-order valence-corrected chi connectivity index (χ0v) is 12.4. The minimum absolute atomic E-state index is 0.0617. The van der Waals surface area contributed by atoms with Crippen molar-refractivity contribution in [3.8, 4) is 0 Å². The number of nitrogens with zero attached hydrogens (tertiary/aromatic N) is 4. The van der Waals surface area contributed by atoms with Gasteiger partial charge < -0.3 is 5.32 Å². The van der Waals surface area contributed by atoms with Crippen LogP contribution in [0.2, 0.25) is 5.15 Å². The van der Waals surface area contributed by atoms with Crippen molar-refractivity contribution in [2.45, 2.75) is 39.8 Å². The lowest BCUT2D eigenvalue weighted by Crippen LogP contribution is -2.22. The molecule has 0 radical (unpaired) electrons. The van der Waals surface area contributed by atoms with E-state index in [1.165, 1.54) is 0 Å². The lowest BCUT2D eigenvalue weighted by molar-refractivity contribution is 0.347. The number of pyridine rings is 1. The summed E-state index contributed by atoms with van der Waals surface area (Å²) in [5.74, 6) is 0. The van der Waals surface area contributed by atoms with Crippen LogP contribution in [-0.2, 0) is 12.1 Å². The lowest BCUT2D eigenvalue weighted by Gasteiger charge is -2.17. The van der Waals surface area contributed by atoms with E-state index < -0.39 is 0 Å². The van der Waals surface area contributed by atoms with E-state index in [0.29, 0.717) is 11.7 Å². The molecule has 19 heavy (non-hydrogen) atoms. The maximum atomic E-state index is 6.03. The van der Waals surface area contributed by atoms with Gasteiger partial charge in [-0.2, -0.15) is 0 Å². The molecule has 0 fully saturated rings. The van der Waals surface area contributed by atoms with E-state index in [1.54, 1.807) is 6.20 Å². The van der Waals surface area contributed by atoms with Gasteiger partial charge in [-0.25, -0.2) is 9.67 Å². The Morgan fingerprint density at radius 1 is 1.37 bits per heavy atom. The van der Waals surface area contributed by atoms with E-state index in [-0.39, 0.29) is 5.54 Å². The average Bonchev–Trinajstić information content (AvgIpc) is 2.79. The fraction of sp³-hybridized carbons (Fsp3) is 0.462. The maximum Gasteiger partial charge on any atom is 0.152 e. The summed E-state index contributed by atoms with van der Waals surface area (Å²) in [6.07, 6.45) is 3.67. The van der Waals surface area contributed by atoms with Crippen molar-refractivity contribution in [2.75, 3.05) is 5.32 Å². The summed E-state index contributed by atoms with van der Waals surface area (Å²) in [7, 11) is 0. The normalized spacial score (nSPS) is 11.6. The van der Waals surface area contributed by atoms with E-state index >= 15 is 0 Å². The van der Waals surface area contributed by atoms with E-state index in [2.05, 4.69) is 41.4 Å². The molecular weight excluding hydrogens is 262 g/mol. The first-order chi connectivity index (χ1) is 8.86. The summed E-state index contributed by atoms with van der Waals surface area (Å²) in [6, 6.07) is 1.96. The predicted octanol–water partition coefficient (Wildman–Crippen LogP) is 3.00. The molecule has 5 nitrogen and oxygen atoms in total. The number of hydrogen-bond acceptors (Lipinski definition) is 4. The molecule has 102 valence electrons. The van der Waals surface area contributed by atoms with Gasteiger partial charge in [-0.1, -0.05) is 16.8 Å². The van der Waals surface area contributed by atoms with Crippen molar-refractivity contribution < 1.29 is 0 Å². The Hall–Kier alpha value is -1.62. The molecule has 0 unspecified atom stereocenters. The molecular formula is C13H18ClN5. The lowest BCUT2D eigenvalue weighted by atomic mass is 10.1. The fourth-order valence-corrected chi connectivity index (χ4v) is 1.74. The molecule has 0 atom stereocenters. The molecule has 0 saturated heterocycles. The smallest absolute Gasteiger partial charge is 0.152 e. The molecule has 6 heteroatoms. The van der Waals surface area contributed by atoms with Crippen molar-refractivity contribution in [3.63, 3.8) is 0 Å². The van der Waals surface area contributed by atoms with Crippen molar-refractivity contribution in [1.29, 1.82) is 0 Å². The van der Waals surface area contributed by atoms with Crippen LogP contribution in [0.5, 0.6) is 0 Å². The number of hydrogen-bond donors (Lipinski definition) is 1. The summed E-state index contributed by atoms with van der Waals surface area (Å²) in [6.45, 7) is 8.80. The zero-order chi connectivity index (χ0) is 14.0. The van der Waals surface area contributed by atoms with Gasteiger partial charge in [0.05, 0.1) is 24.0 Å². The summed E-state index contributed by atoms with van der Waals surface area (Å²) in [5.41, 5.74) is 2.68. The van der Waals surface area contributed by atoms with Gasteiger partial charge in [0.25, 0.3) is 0 Å². The molecule has 0 aliphatic rings. The Morgan fingerprint density at radius 3 is 2.74 bits per heavy atom. The second-order valence-electron chi connectivity index (χ2n) is 5.53. The average molecular weight is 280 g/mol. The van der Waals surface area contributed by atoms with Gasteiger partial charge in [-0.3, -0.25) is 0 Å². The van der Waals surface area contributed by atoms with E-state index in [4.69, 9.17) is 11.6 Å². The van der Waals surface area contributed by atoms with Gasteiger partial charge in [0.2, 0.25) is 0 Å². The Labute approximate surface area is 118 Å². The summed E-state index contributed by atoms with van der Waals surface area (Å²) >= 11 is 6.03. The molecule has 2 rings (SSSR count). The number of anilines is 1. The minimum atomic E-state index is -0.0617. The third-order valence-corrected chi connectivity index (χ3v) is 2.97. The molecule has 0 aliphatic carbocycles. The van der Waals surface area contributed by atoms with Gasteiger partial charge in [-0.05, 0) is 39.3 Å². The monoisotopic (exact) mass is 279 g/mol. The van der Waals surface area contributed by atoms with Crippen LogP contribution in [0.1, 0.15) is 32.0 Å². The predicted molar refractivity (Wildman–Crippen MR) is 76.3 cm³/mol. The van der Waals surface area contributed by atoms with Gasteiger partial charge in [0, 0.05) is 6.20 Å². The Balaban J connectivity index is 2.06. The van der Waals surface area contributed by atoms with Crippen LogP contribution < -0.4 is 5.32 Å². The molecule has 2 heterocycles. The van der Waals surface area contributed by atoms with E-state index in [9.17, 15) is 0 Å². The first kappa shape index (κ1) is 13.8. The van der Waals surface area contributed by atoms with Gasteiger partial charge >= 0.3 is 0 Å². The van der Waals surface area contributed by atoms with Crippen LogP contribution in [0.3, 0.4) is 0 Å². The molecule has 2 aromatic rings. The summed E-state index contributed by atoms with van der Waals surface area (Å²) < 4.78 is 1.85. The van der Waals surface area contributed by atoms with Crippen LogP contribution in [-0.4, -0.2) is 20.0 Å². The first-order valence-electron chi connectivity index (χ1n) is 6.14. The molecule has 0 aliphatic heterocycles. The number of aromatic nitrogens is 4. The molecule has 0 saturated carbocycles. The summed E-state index contributed by atoms with van der Waals surface area (Å²) in [5, 5.41) is 11.9. The van der Waals surface area contributed by atoms with Crippen molar-refractivity contribution in [1.82, 2.24) is 20.0 Å². The van der Waals surface area contributed by atoms with Crippen molar-refractivity contribution in [2.24, 2.45) is 0 Å². The van der Waals surface area contributed by atoms with Crippen molar-refractivity contribution >= 4 is 17.3 Å². The Kier molecular flexibility index (Phi) is 3.75. The number of rotatable bonds is 3. The SMILES string of the molecule is Cc1cnc(Cl)c(NCc2cn(C(C)(C)C)nn2)c1. The van der Waals surface area contributed by atoms with Crippen LogP contribution in [0.4, 0.5) is 5.69 Å².